The molecule has 0 aliphatic heterocycles. The number of hydrogen-bond donors (Lipinski definition) is 2. The molecule has 1 aromatic carbocycles. The van der Waals surface area contributed by atoms with E-state index < -0.39 is 5.38 Å². The van der Waals surface area contributed by atoms with E-state index in [0.717, 1.165) is 18.4 Å². The summed E-state index contributed by atoms with van der Waals surface area (Å²) in [6.45, 7) is 0.603. The van der Waals surface area contributed by atoms with Gasteiger partial charge >= 0.3 is 0 Å². The van der Waals surface area contributed by atoms with E-state index in [9.17, 15) is 4.79 Å². The van der Waals surface area contributed by atoms with Crippen molar-refractivity contribution in [3.05, 3.63) is 35.9 Å². The van der Waals surface area contributed by atoms with Crippen molar-refractivity contribution >= 4 is 17.5 Å². The first kappa shape index (κ1) is 12.4. The van der Waals surface area contributed by atoms with Gasteiger partial charge in [0.25, 0.3) is 0 Å². The largest absolute Gasteiger partial charge is 0.393 e. The van der Waals surface area contributed by atoms with Gasteiger partial charge < -0.3 is 10.4 Å². The maximum absolute atomic E-state index is 11.8. The quantitative estimate of drug-likeness (QED) is 0.805. The van der Waals surface area contributed by atoms with Crippen molar-refractivity contribution in [2.75, 3.05) is 6.54 Å². The van der Waals surface area contributed by atoms with Crippen molar-refractivity contribution in [2.45, 2.75) is 24.3 Å². The highest BCUT2D eigenvalue weighted by atomic mass is 35.5. The van der Waals surface area contributed by atoms with Crippen molar-refractivity contribution in [2.24, 2.45) is 5.92 Å². The van der Waals surface area contributed by atoms with Crippen LogP contribution >= 0.6 is 11.6 Å². The SMILES string of the molecule is O=C(NCC1CC(O)C1)C(Cl)c1ccccc1. The van der Waals surface area contributed by atoms with E-state index >= 15 is 0 Å². The highest BCUT2D eigenvalue weighted by Gasteiger charge is 2.28. The predicted molar refractivity (Wildman–Crippen MR) is 66.8 cm³/mol. The fourth-order valence-electron chi connectivity index (χ4n) is 1.98. The van der Waals surface area contributed by atoms with E-state index in [2.05, 4.69) is 5.32 Å². The fourth-order valence-corrected chi connectivity index (χ4v) is 2.20. The molecule has 2 N–H and O–H groups in total. The maximum atomic E-state index is 11.8. The molecule has 0 spiro atoms. The Morgan fingerprint density at radius 1 is 1.41 bits per heavy atom. The molecule has 0 bridgehead atoms. The second-order valence-electron chi connectivity index (χ2n) is 4.51. The molecule has 4 heteroatoms. The molecular formula is C13H16ClNO2. The summed E-state index contributed by atoms with van der Waals surface area (Å²) in [5.74, 6) is 0.229. The second kappa shape index (κ2) is 5.52. The van der Waals surface area contributed by atoms with Crippen molar-refractivity contribution in [1.29, 1.82) is 0 Å². The summed E-state index contributed by atoms with van der Waals surface area (Å²) in [5, 5.41) is 11.3. The third kappa shape index (κ3) is 3.20. The summed E-state index contributed by atoms with van der Waals surface area (Å²) in [6, 6.07) is 9.29. The summed E-state index contributed by atoms with van der Waals surface area (Å²) in [4.78, 5) is 11.8. The van der Waals surface area contributed by atoms with Crippen molar-refractivity contribution < 1.29 is 9.90 Å². The lowest BCUT2D eigenvalue weighted by atomic mass is 9.82. The molecule has 1 aromatic rings. The number of benzene rings is 1. The summed E-state index contributed by atoms with van der Waals surface area (Å²) in [6.07, 6.45) is 1.37. The molecule has 0 heterocycles. The van der Waals surface area contributed by atoms with E-state index in [1.54, 1.807) is 0 Å². The number of rotatable bonds is 4. The van der Waals surface area contributed by atoms with Crippen LogP contribution in [-0.4, -0.2) is 23.7 Å². The smallest absolute Gasteiger partial charge is 0.242 e. The van der Waals surface area contributed by atoms with Gasteiger partial charge in [0.2, 0.25) is 5.91 Å². The monoisotopic (exact) mass is 253 g/mol. The lowest BCUT2D eigenvalue weighted by Crippen LogP contribution is -2.39. The van der Waals surface area contributed by atoms with E-state index in [-0.39, 0.29) is 12.0 Å². The van der Waals surface area contributed by atoms with E-state index in [1.165, 1.54) is 0 Å². The second-order valence-corrected chi connectivity index (χ2v) is 4.95. The number of carbonyl (C=O) groups excluding carboxylic acids is 1. The molecule has 3 nitrogen and oxygen atoms in total. The number of halogens is 1. The fraction of sp³-hybridized carbons (Fsp3) is 0.462. The normalized spacial score (nSPS) is 24.8. The zero-order chi connectivity index (χ0) is 12.3. The van der Waals surface area contributed by atoms with Crippen LogP contribution in [0.4, 0.5) is 0 Å². The van der Waals surface area contributed by atoms with Gasteiger partial charge in [-0.15, -0.1) is 11.6 Å². The first-order valence-electron chi connectivity index (χ1n) is 5.81. The van der Waals surface area contributed by atoms with Gasteiger partial charge in [-0.2, -0.15) is 0 Å². The maximum Gasteiger partial charge on any atom is 0.242 e. The zero-order valence-electron chi connectivity index (χ0n) is 9.47. The molecule has 1 fully saturated rings. The third-order valence-corrected chi connectivity index (χ3v) is 3.55. The summed E-state index contributed by atoms with van der Waals surface area (Å²) >= 11 is 6.07. The first-order valence-corrected chi connectivity index (χ1v) is 6.25. The average molecular weight is 254 g/mol. The van der Waals surface area contributed by atoms with Crippen LogP contribution in [0.5, 0.6) is 0 Å². The Kier molecular flexibility index (Phi) is 4.02. The van der Waals surface area contributed by atoms with Gasteiger partial charge in [-0.05, 0) is 24.3 Å². The number of alkyl halides is 1. The van der Waals surface area contributed by atoms with E-state index in [1.807, 2.05) is 30.3 Å². The molecule has 1 unspecified atom stereocenters. The molecule has 1 aliphatic carbocycles. The van der Waals surface area contributed by atoms with Crippen molar-refractivity contribution in [3.63, 3.8) is 0 Å². The molecule has 92 valence electrons. The molecule has 1 atom stereocenters. The molecule has 0 saturated heterocycles. The summed E-state index contributed by atoms with van der Waals surface area (Å²) in [5.41, 5.74) is 0.806. The molecule has 2 rings (SSSR count). The van der Waals surface area contributed by atoms with Crippen LogP contribution in [-0.2, 0) is 4.79 Å². The Morgan fingerprint density at radius 2 is 2.06 bits per heavy atom. The van der Waals surface area contributed by atoms with Crippen LogP contribution in [0, 0.1) is 5.92 Å². The third-order valence-electron chi connectivity index (χ3n) is 3.10. The van der Waals surface area contributed by atoms with Crippen molar-refractivity contribution in [3.8, 4) is 0 Å². The summed E-state index contributed by atoms with van der Waals surface area (Å²) < 4.78 is 0. The first-order chi connectivity index (χ1) is 8.16. The van der Waals surface area contributed by atoms with E-state index in [4.69, 9.17) is 16.7 Å². The zero-order valence-corrected chi connectivity index (χ0v) is 10.2. The Balaban J connectivity index is 1.80. The Labute approximate surface area is 106 Å². The Morgan fingerprint density at radius 3 is 2.65 bits per heavy atom. The molecule has 1 aliphatic rings. The lowest BCUT2D eigenvalue weighted by molar-refractivity contribution is -0.121. The van der Waals surface area contributed by atoms with Gasteiger partial charge in [-0.3, -0.25) is 4.79 Å². The van der Waals surface area contributed by atoms with Gasteiger partial charge in [-0.1, -0.05) is 30.3 Å². The highest BCUT2D eigenvalue weighted by Crippen LogP contribution is 2.26. The lowest BCUT2D eigenvalue weighted by Gasteiger charge is -2.31. The number of carbonyl (C=O) groups is 1. The number of aliphatic hydroxyl groups excluding tert-OH is 1. The van der Waals surface area contributed by atoms with Crippen LogP contribution in [0.3, 0.4) is 0 Å². The number of aliphatic hydroxyl groups is 1. The molecule has 1 saturated carbocycles. The van der Waals surface area contributed by atoms with Crippen LogP contribution in [0.25, 0.3) is 0 Å². The molecule has 0 radical (unpaired) electrons. The number of hydrogen-bond acceptors (Lipinski definition) is 2. The number of amides is 1. The number of nitrogens with one attached hydrogen (secondary N) is 1. The Hall–Kier alpha value is -1.06. The molecule has 1 amide bonds. The molecular weight excluding hydrogens is 238 g/mol. The average Bonchev–Trinajstić information content (AvgIpc) is 2.33. The van der Waals surface area contributed by atoms with Gasteiger partial charge in [0.05, 0.1) is 6.10 Å². The minimum atomic E-state index is -0.638. The highest BCUT2D eigenvalue weighted by molar-refractivity contribution is 6.30. The van der Waals surface area contributed by atoms with Gasteiger partial charge in [0.1, 0.15) is 5.38 Å². The topological polar surface area (TPSA) is 49.3 Å². The van der Waals surface area contributed by atoms with Crippen LogP contribution in [0.2, 0.25) is 0 Å². The predicted octanol–water partition coefficient (Wildman–Crippen LogP) is 1.85. The minimum Gasteiger partial charge on any atom is -0.393 e. The van der Waals surface area contributed by atoms with Crippen molar-refractivity contribution in [1.82, 2.24) is 5.32 Å². The van der Waals surface area contributed by atoms with Gasteiger partial charge in [0, 0.05) is 6.54 Å². The Bertz CT molecular complexity index is 376. The summed E-state index contributed by atoms with van der Waals surface area (Å²) in [7, 11) is 0. The van der Waals surface area contributed by atoms with Gasteiger partial charge in [-0.25, -0.2) is 0 Å². The van der Waals surface area contributed by atoms with Gasteiger partial charge in [0.15, 0.2) is 0 Å². The standard InChI is InChI=1S/C13H16ClNO2/c14-12(10-4-2-1-3-5-10)13(17)15-8-9-6-11(16)7-9/h1-5,9,11-12,16H,6-8H2,(H,15,17). The van der Waals surface area contributed by atoms with E-state index in [0.29, 0.717) is 12.5 Å². The van der Waals surface area contributed by atoms with Crippen LogP contribution in [0.1, 0.15) is 23.8 Å². The van der Waals surface area contributed by atoms with Crippen LogP contribution < -0.4 is 5.32 Å². The molecule has 0 aromatic heterocycles. The van der Waals surface area contributed by atoms with Crippen LogP contribution in [0.15, 0.2) is 30.3 Å². The minimum absolute atomic E-state index is 0.167. The molecule has 17 heavy (non-hydrogen) atoms.